The number of benzene rings is 2. The highest BCUT2D eigenvalue weighted by atomic mass is 32.2. The molecule has 0 amide bonds. The Hall–Kier alpha value is -3.17. The van der Waals surface area contributed by atoms with Gasteiger partial charge in [0.1, 0.15) is 12.0 Å². The maximum Gasteiger partial charge on any atom is 0.243 e. The Labute approximate surface area is 177 Å². The molecule has 4 N–H and O–H groups in total. The lowest BCUT2D eigenvalue weighted by atomic mass is 10.2. The molecule has 0 spiro atoms. The molecule has 3 rings (SSSR count). The monoisotopic (exact) mass is 426 g/mol. The summed E-state index contributed by atoms with van der Waals surface area (Å²) in [7, 11) is -3.50. The molecule has 0 aliphatic carbocycles. The van der Waals surface area contributed by atoms with Crippen LogP contribution in [0.3, 0.4) is 0 Å². The van der Waals surface area contributed by atoms with E-state index in [1.165, 1.54) is 10.6 Å². The van der Waals surface area contributed by atoms with Crippen molar-refractivity contribution in [1.82, 2.24) is 14.3 Å². The number of aromatic nitrogens is 2. The van der Waals surface area contributed by atoms with Crippen LogP contribution in [0.2, 0.25) is 0 Å². The fourth-order valence-corrected chi connectivity index (χ4v) is 4.39. The third-order valence-corrected chi connectivity index (χ3v) is 6.72. The SMILES string of the molecule is CCN(CC)S(=O)(=O)c1ccc(Nc2ncnc(Nc3ccc(C)cc3)c2N)cc1. The normalized spacial score (nSPS) is 11.5. The van der Waals surface area contributed by atoms with Gasteiger partial charge in [0, 0.05) is 24.5 Å². The molecule has 2 aromatic carbocycles. The number of nitrogens with two attached hydrogens (primary N) is 1. The number of aryl methyl sites for hydroxylation is 1. The zero-order valence-electron chi connectivity index (χ0n) is 17.3. The molecular formula is C21H26N6O2S. The molecule has 0 unspecified atom stereocenters. The van der Waals surface area contributed by atoms with E-state index < -0.39 is 10.0 Å². The summed E-state index contributed by atoms with van der Waals surface area (Å²) in [6.45, 7) is 6.50. The summed E-state index contributed by atoms with van der Waals surface area (Å²) in [6.07, 6.45) is 1.41. The Morgan fingerprint density at radius 2 is 1.33 bits per heavy atom. The van der Waals surface area contributed by atoms with Crippen LogP contribution in [0, 0.1) is 6.92 Å². The van der Waals surface area contributed by atoms with Crippen LogP contribution in [0.1, 0.15) is 19.4 Å². The highest BCUT2D eigenvalue weighted by Gasteiger charge is 2.21. The number of anilines is 5. The van der Waals surface area contributed by atoms with Gasteiger partial charge in [0.15, 0.2) is 11.6 Å². The maximum atomic E-state index is 12.6. The van der Waals surface area contributed by atoms with Crippen molar-refractivity contribution in [1.29, 1.82) is 0 Å². The largest absolute Gasteiger partial charge is 0.393 e. The van der Waals surface area contributed by atoms with Crippen molar-refractivity contribution in [2.75, 3.05) is 29.5 Å². The van der Waals surface area contributed by atoms with Crippen molar-refractivity contribution in [3.63, 3.8) is 0 Å². The number of nitrogens with one attached hydrogen (secondary N) is 2. The van der Waals surface area contributed by atoms with Gasteiger partial charge >= 0.3 is 0 Å². The number of nitrogen functional groups attached to an aromatic ring is 1. The molecule has 30 heavy (non-hydrogen) atoms. The van der Waals surface area contributed by atoms with Crippen molar-refractivity contribution in [3.05, 3.63) is 60.4 Å². The lowest BCUT2D eigenvalue weighted by Crippen LogP contribution is -2.30. The molecule has 0 saturated carbocycles. The van der Waals surface area contributed by atoms with Gasteiger partial charge in [-0.3, -0.25) is 0 Å². The molecule has 0 bridgehead atoms. The highest BCUT2D eigenvalue weighted by molar-refractivity contribution is 7.89. The van der Waals surface area contributed by atoms with Crippen LogP contribution >= 0.6 is 0 Å². The summed E-state index contributed by atoms with van der Waals surface area (Å²) < 4.78 is 26.6. The van der Waals surface area contributed by atoms with E-state index in [1.807, 2.05) is 45.0 Å². The van der Waals surface area contributed by atoms with Gasteiger partial charge in [-0.25, -0.2) is 18.4 Å². The van der Waals surface area contributed by atoms with Gasteiger partial charge in [-0.1, -0.05) is 31.5 Å². The fourth-order valence-electron chi connectivity index (χ4n) is 2.93. The molecule has 0 fully saturated rings. The second-order valence-electron chi connectivity index (χ2n) is 6.71. The van der Waals surface area contributed by atoms with E-state index in [9.17, 15) is 8.42 Å². The molecule has 1 aromatic heterocycles. The highest BCUT2D eigenvalue weighted by Crippen LogP contribution is 2.28. The average Bonchev–Trinajstić information content (AvgIpc) is 2.73. The van der Waals surface area contributed by atoms with E-state index in [1.54, 1.807) is 24.3 Å². The quantitative estimate of drug-likeness (QED) is 0.501. The van der Waals surface area contributed by atoms with Crippen LogP contribution in [0.25, 0.3) is 0 Å². The number of hydrogen-bond donors (Lipinski definition) is 3. The molecule has 9 heteroatoms. The number of nitrogens with zero attached hydrogens (tertiary/aromatic N) is 3. The standard InChI is InChI=1S/C21H26N6O2S/c1-4-27(5-2)30(28,29)18-12-10-17(11-13-18)26-21-19(22)20(23-14-24-21)25-16-8-6-15(3)7-9-16/h6-14H,4-5,22H2,1-3H3,(H2,23,24,25,26). The Bertz CT molecular complexity index is 1100. The molecule has 0 radical (unpaired) electrons. The van der Waals surface area contributed by atoms with Crippen molar-refractivity contribution in [3.8, 4) is 0 Å². The minimum atomic E-state index is -3.50. The predicted octanol–water partition coefficient (Wildman–Crippen LogP) is 3.88. The fraction of sp³-hybridized carbons (Fsp3) is 0.238. The Morgan fingerprint density at radius 1 is 0.867 bits per heavy atom. The topological polar surface area (TPSA) is 113 Å². The molecule has 0 aliphatic rings. The molecule has 1 heterocycles. The maximum absolute atomic E-state index is 12.6. The van der Waals surface area contributed by atoms with Gasteiger partial charge in [0.05, 0.1) is 4.90 Å². The van der Waals surface area contributed by atoms with Crippen LogP contribution in [0.4, 0.5) is 28.7 Å². The van der Waals surface area contributed by atoms with E-state index >= 15 is 0 Å². The number of rotatable bonds is 8. The third-order valence-electron chi connectivity index (χ3n) is 4.66. The van der Waals surface area contributed by atoms with Gasteiger partial charge in [-0.05, 0) is 43.3 Å². The predicted molar refractivity (Wildman–Crippen MR) is 121 cm³/mol. The third kappa shape index (κ3) is 4.69. The van der Waals surface area contributed by atoms with Gasteiger partial charge in [0.25, 0.3) is 0 Å². The molecular weight excluding hydrogens is 400 g/mol. The first kappa shape index (κ1) is 21.5. The van der Waals surface area contributed by atoms with E-state index in [2.05, 4.69) is 20.6 Å². The first-order valence-corrected chi connectivity index (χ1v) is 11.1. The minimum Gasteiger partial charge on any atom is -0.393 e. The van der Waals surface area contributed by atoms with E-state index in [0.29, 0.717) is 36.1 Å². The molecule has 0 atom stereocenters. The second-order valence-corrected chi connectivity index (χ2v) is 8.65. The lowest BCUT2D eigenvalue weighted by Gasteiger charge is -2.18. The van der Waals surface area contributed by atoms with Crippen molar-refractivity contribution in [2.45, 2.75) is 25.7 Å². The molecule has 0 aliphatic heterocycles. The van der Waals surface area contributed by atoms with Crippen LogP contribution in [-0.2, 0) is 10.0 Å². The van der Waals surface area contributed by atoms with Gasteiger partial charge in [0.2, 0.25) is 10.0 Å². The van der Waals surface area contributed by atoms with E-state index in [-0.39, 0.29) is 4.90 Å². The Kier molecular flexibility index (Phi) is 6.53. The zero-order chi connectivity index (χ0) is 21.7. The molecule has 8 nitrogen and oxygen atoms in total. The van der Waals surface area contributed by atoms with Gasteiger partial charge < -0.3 is 16.4 Å². The second kappa shape index (κ2) is 9.10. The molecule has 3 aromatic rings. The smallest absolute Gasteiger partial charge is 0.243 e. The van der Waals surface area contributed by atoms with Gasteiger partial charge in [-0.2, -0.15) is 4.31 Å². The summed E-state index contributed by atoms with van der Waals surface area (Å²) >= 11 is 0. The molecule has 158 valence electrons. The van der Waals surface area contributed by atoms with Crippen LogP contribution in [0.15, 0.2) is 59.8 Å². The minimum absolute atomic E-state index is 0.245. The first-order valence-electron chi connectivity index (χ1n) is 9.66. The van der Waals surface area contributed by atoms with Crippen molar-refractivity contribution >= 4 is 38.7 Å². The first-order chi connectivity index (χ1) is 14.3. The summed E-state index contributed by atoms with van der Waals surface area (Å²) in [5.74, 6) is 0.913. The Morgan fingerprint density at radius 3 is 1.80 bits per heavy atom. The summed E-state index contributed by atoms with van der Waals surface area (Å²) in [6, 6.07) is 14.4. The van der Waals surface area contributed by atoms with Crippen LogP contribution in [-0.4, -0.2) is 35.8 Å². The van der Waals surface area contributed by atoms with Crippen molar-refractivity contribution in [2.24, 2.45) is 0 Å². The average molecular weight is 427 g/mol. The van der Waals surface area contributed by atoms with Gasteiger partial charge in [-0.15, -0.1) is 0 Å². The van der Waals surface area contributed by atoms with Crippen LogP contribution < -0.4 is 16.4 Å². The van der Waals surface area contributed by atoms with E-state index in [4.69, 9.17) is 5.73 Å². The zero-order valence-corrected chi connectivity index (χ0v) is 18.1. The lowest BCUT2D eigenvalue weighted by molar-refractivity contribution is 0.445. The summed E-state index contributed by atoms with van der Waals surface area (Å²) in [5, 5.41) is 6.30. The van der Waals surface area contributed by atoms with Crippen molar-refractivity contribution < 1.29 is 8.42 Å². The summed E-state index contributed by atoms with van der Waals surface area (Å²) in [4.78, 5) is 8.66. The van der Waals surface area contributed by atoms with Crippen LogP contribution in [0.5, 0.6) is 0 Å². The van der Waals surface area contributed by atoms with E-state index in [0.717, 1.165) is 11.3 Å². The Balaban J connectivity index is 1.79. The molecule has 0 saturated heterocycles. The number of hydrogen-bond acceptors (Lipinski definition) is 7. The number of sulfonamides is 1. The summed E-state index contributed by atoms with van der Waals surface area (Å²) in [5.41, 5.74) is 9.28.